The molecule has 2 N–H and O–H groups in total. The van der Waals surface area contributed by atoms with Gasteiger partial charge in [0.05, 0.1) is 36.9 Å². The van der Waals surface area contributed by atoms with Crippen molar-refractivity contribution in [3.63, 3.8) is 0 Å². The zero-order valence-corrected chi connectivity index (χ0v) is 35.1. The van der Waals surface area contributed by atoms with Gasteiger partial charge in [-0.1, -0.05) is 206 Å². The van der Waals surface area contributed by atoms with Gasteiger partial charge in [0.15, 0.2) is 0 Å². The summed E-state index contributed by atoms with van der Waals surface area (Å²) >= 11 is 0. The minimum absolute atomic E-state index is 0.177. The van der Waals surface area contributed by atoms with Crippen molar-refractivity contribution < 1.29 is 38.9 Å². The topological polar surface area (TPSA) is 127 Å². The molecule has 0 saturated heterocycles. The molecule has 1 aliphatic carbocycles. The van der Waals surface area contributed by atoms with Crippen LogP contribution in [0.25, 0.3) is 0 Å². The van der Waals surface area contributed by atoms with Crippen molar-refractivity contribution in [1.29, 1.82) is 0 Å². The molecule has 54 heavy (non-hydrogen) atoms. The van der Waals surface area contributed by atoms with Crippen LogP contribution < -0.4 is 0 Å². The number of carboxylic acid groups (broad SMARTS) is 2. The summed E-state index contributed by atoms with van der Waals surface area (Å²) in [5.74, 6) is -8.29. The predicted molar refractivity (Wildman–Crippen MR) is 219 cm³/mol. The van der Waals surface area contributed by atoms with E-state index < -0.39 is 47.5 Å². The van der Waals surface area contributed by atoms with E-state index in [-0.39, 0.29) is 26.1 Å². The number of carbonyl (C=O) groups is 4. The van der Waals surface area contributed by atoms with Crippen LogP contribution in [0.3, 0.4) is 0 Å². The number of carboxylic acids is 2. The van der Waals surface area contributed by atoms with Gasteiger partial charge < -0.3 is 19.7 Å². The molecular formula is C46H84O8. The number of esters is 2. The Labute approximate surface area is 331 Å². The Morgan fingerprint density at radius 3 is 0.778 bits per heavy atom. The lowest BCUT2D eigenvalue weighted by Gasteiger charge is -2.35. The second-order valence-electron chi connectivity index (χ2n) is 16.5. The molecule has 1 aliphatic rings. The third-order valence-electron chi connectivity index (χ3n) is 11.7. The molecule has 0 aromatic heterocycles. The van der Waals surface area contributed by atoms with Crippen LogP contribution in [-0.2, 0) is 28.7 Å². The number of carbonyl (C=O) groups excluding carboxylic acids is 2. The molecule has 8 nitrogen and oxygen atoms in total. The minimum atomic E-state index is -1.23. The highest BCUT2D eigenvalue weighted by atomic mass is 16.5. The third-order valence-corrected chi connectivity index (χ3v) is 11.7. The first-order chi connectivity index (χ1) is 26.3. The van der Waals surface area contributed by atoms with Gasteiger partial charge in [-0.25, -0.2) is 0 Å². The zero-order valence-electron chi connectivity index (χ0n) is 35.1. The van der Waals surface area contributed by atoms with E-state index in [2.05, 4.69) is 13.8 Å². The highest BCUT2D eigenvalue weighted by Gasteiger charge is 2.50. The smallest absolute Gasteiger partial charge is 0.309 e. The maximum absolute atomic E-state index is 13.1. The maximum Gasteiger partial charge on any atom is 0.309 e. The van der Waals surface area contributed by atoms with Crippen LogP contribution in [0, 0.1) is 23.7 Å². The Hall–Kier alpha value is -2.12. The molecule has 0 radical (unpaired) electrons. The van der Waals surface area contributed by atoms with Crippen molar-refractivity contribution in [3.05, 3.63) is 0 Å². The van der Waals surface area contributed by atoms with E-state index in [0.29, 0.717) is 12.8 Å². The lowest BCUT2D eigenvalue weighted by Crippen LogP contribution is -2.45. The van der Waals surface area contributed by atoms with Gasteiger partial charge in [-0.2, -0.15) is 0 Å². The molecule has 4 atom stereocenters. The Morgan fingerprint density at radius 2 is 0.556 bits per heavy atom. The van der Waals surface area contributed by atoms with Gasteiger partial charge in [-0.3, -0.25) is 19.2 Å². The molecule has 0 amide bonds. The first-order valence-corrected chi connectivity index (χ1v) is 23.1. The Morgan fingerprint density at radius 1 is 0.352 bits per heavy atom. The van der Waals surface area contributed by atoms with E-state index in [1.54, 1.807) is 0 Å². The predicted octanol–water partition coefficient (Wildman–Crippen LogP) is 13.0. The first kappa shape index (κ1) is 49.9. The number of unbranched alkanes of at least 4 members (excludes halogenated alkanes) is 30. The van der Waals surface area contributed by atoms with E-state index >= 15 is 0 Å². The monoisotopic (exact) mass is 765 g/mol. The van der Waals surface area contributed by atoms with Crippen LogP contribution in [0.2, 0.25) is 0 Å². The van der Waals surface area contributed by atoms with Crippen molar-refractivity contribution in [2.24, 2.45) is 23.7 Å². The lowest BCUT2D eigenvalue weighted by atomic mass is 9.68. The van der Waals surface area contributed by atoms with Gasteiger partial charge in [0.1, 0.15) is 0 Å². The number of hydrogen-bond acceptors (Lipinski definition) is 6. The van der Waals surface area contributed by atoms with Crippen LogP contribution in [-0.4, -0.2) is 47.3 Å². The van der Waals surface area contributed by atoms with Crippen molar-refractivity contribution in [2.75, 3.05) is 13.2 Å². The summed E-state index contributed by atoms with van der Waals surface area (Å²) in [6.07, 6.45) is 39.4. The Balaban J connectivity index is 2.22. The van der Waals surface area contributed by atoms with Crippen LogP contribution in [0.15, 0.2) is 0 Å². The average molecular weight is 765 g/mol. The summed E-state index contributed by atoms with van der Waals surface area (Å²) in [6, 6.07) is 0. The molecule has 0 spiro atoms. The second kappa shape index (κ2) is 35.3. The highest BCUT2D eigenvalue weighted by molar-refractivity contribution is 5.86. The third kappa shape index (κ3) is 25.9. The molecule has 0 heterocycles. The molecule has 1 saturated carbocycles. The van der Waals surface area contributed by atoms with Gasteiger partial charge in [0.25, 0.3) is 0 Å². The molecule has 0 aromatic rings. The standard InChI is InChI=1S/C46H84O8/c1-3-5-7-9-11-13-15-17-19-21-23-25-27-29-31-33-35-53-45(51)41-38-42(40(44(49)50)37-39(41)43(47)48)46(52)54-36-34-32-30-28-26-24-22-20-18-16-14-12-10-8-6-4-2/h39-42H,3-38H2,1-2H3,(H,47,48)(H,49,50). The van der Waals surface area contributed by atoms with Gasteiger partial charge in [0, 0.05) is 0 Å². The van der Waals surface area contributed by atoms with Crippen molar-refractivity contribution in [3.8, 4) is 0 Å². The fourth-order valence-electron chi connectivity index (χ4n) is 8.13. The Kier molecular flexibility index (Phi) is 32.6. The molecule has 1 rings (SSSR count). The molecule has 316 valence electrons. The summed E-state index contributed by atoms with van der Waals surface area (Å²) in [7, 11) is 0. The summed E-state index contributed by atoms with van der Waals surface area (Å²) in [5, 5.41) is 19.7. The highest BCUT2D eigenvalue weighted by Crippen LogP contribution is 2.40. The molecule has 8 heteroatoms. The minimum Gasteiger partial charge on any atom is -0.481 e. The molecular weight excluding hydrogens is 680 g/mol. The summed E-state index contributed by atoms with van der Waals surface area (Å²) in [6.45, 7) is 4.93. The van der Waals surface area contributed by atoms with E-state index in [1.807, 2.05) is 0 Å². The van der Waals surface area contributed by atoms with Gasteiger partial charge in [0.2, 0.25) is 0 Å². The van der Waals surface area contributed by atoms with Crippen LogP contribution in [0.4, 0.5) is 0 Å². The SMILES string of the molecule is CCCCCCCCCCCCCCCCCCOC(=O)C1CC(C(=O)OCCCCCCCCCCCCCCCCCC)C(C(=O)O)CC1C(=O)O. The molecule has 4 unspecified atom stereocenters. The van der Waals surface area contributed by atoms with E-state index in [0.717, 1.165) is 38.5 Å². The number of rotatable bonds is 38. The molecule has 0 aliphatic heterocycles. The van der Waals surface area contributed by atoms with E-state index in [9.17, 15) is 29.4 Å². The van der Waals surface area contributed by atoms with E-state index in [4.69, 9.17) is 9.47 Å². The average Bonchev–Trinajstić information content (AvgIpc) is 3.16. The quantitative estimate of drug-likeness (QED) is 0.0470. The second-order valence-corrected chi connectivity index (χ2v) is 16.5. The van der Waals surface area contributed by atoms with Crippen LogP contribution in [0.5, 0.6) is 0 Å². The number of ether oxygens (including phenoxy) is 2. The van der Waals surface area contributed by atoms with Crippen LogP contribution in [0.1, 0.15) is 232 Å². The first-order valence-electron chi connectivity index (χ1n) is 23.1. The fourth-order valence-corrected chi connectivity index (χ4v) is 8.13. The van der Waals surface area contributed by atoms with Gasteiger partial charge in [-0.05, 0) is 25.7 Å². The summed E-state index contributed by atoms with van der Waals surface area (Å²) < 4.78 is 11.0. The fraction of sp³-hybridized carbons (Fsp3) is 0.913. The molecule has 1 fully saturated rings. The number of aliphatic carboxylic acids is 2. The van der Waals surface area contributed by atoms with Crippen LogP contribution >= 0.6 is 0 Å². The van der Waals surface area contributed by atoms with E-state index in [1.165, 1.54) is 154 Å². The zero-order chi connectivity index (χ0) is 39.5. The molecule has 0 aromatic carbocycles. The normalized spacial score (nSPS) is 18.4. The van der Waals surface area contributed by atoms with Crippen molar-refractivity contribution in [1.82, 2.24) is 0 Å². The van der Waals surface area contributed by atoms with Gasteiger partial charge >= 0.3 is 23.9 Å². The summed E-state index contributed by atoms with van der Waals surface area (Å²) in [5.41, 5.74) is 0. The molecule has 0 bridgehead atoms. The number of hydrogen-bond donors (Lipinski definition) is 2. The summed E-state index contributed by atoms with van der Waals surface area (Å²) in [4.78, 5) is 50.3. The van der Waals surface area contributed by atoms with Crippen molar-refractivity contribution >= 4 is 23.9 Å². The lowest BCUT2D eigenvalue weighted by molar-refractivity contribution is -0.172. The van der Waals surface area contributed by atoms with Gasteiger partial charge in [-0.15, -0.1) is 0 Å². The Bertz CT molecular complexity index is 864. The maximum atomic E-state index is 13.1. The largest absolute Gasteiger partial charge is 0.481 e. The van der Waals surface area contributed by atoms with Crippen molar-refractivity contribution in [2.45, 2.75) is 232 Å².